The molecule has 6 heteroatoms. The van der Waals surface area contributed by atoms with E-state index in [0.717, 1.165) is 44.2 Å². The first-order valence-electron chi connectivity index (χ1n) is 7.95. The van der Waals surface area contributed by atoms with Gasteiger partial charge in [-0.2, -0.15) is 0 Å². The van der Waals surface area contributed by atoms with Gasteiger partial charge in [0.1, 0.15) is 5.75 Å². The number of fused-ring (bicyclic) bond motifs is 1. The van der Waals surface area contributed by atoms with Gasteiger partial charge in [0.2, 0.25) is 5.56 Å². The average Bonchev–Trinajstić information content (AvgIpc) is 2.60. The van der Waals surface area contributed by atoms with Gasteiger partial charge in [-0.05, 0) is 77.0 Å². The van der Waals surface area contributed by atoms with Crippen LogP contribution in [0.25, 0.3) is 10.9 Å². The molecule has 1 N–H and O–H groups in total. The van der Waals surface area contributed by atoms with E-state index in [0.29, 0.717) is 6.61 Å². The predicted octanol–water partition coefficient (Wildman–Crippen LogP) is 6.00. The number of pyridine rings is 1. The lowest BCUT2D eigenvalue weighted by Gasteiger charge is -2.08. The Bertz CT molecular complexity index is 927. The van der Waals surface area contributed by atoms with Crippen molar-refractivity contribution in [2.45, 2.75) is 17.7 Å². The Labute approximate surface area is 167 Å². The lowest BCUT2D eigenvalue weighted by molar-refractivity contribution is 0.310. The number of hydrogen-bond donors (Lipinski definition) is 1. The Kier molecular flexibility index (Phi) is 6.62. The van der Waals surface area contributed by atoms with E-state index >= 15 is 0 Å². The molecule has 0 aliphatic carbocycles. The smallest absolute Gasteiger partial charge is 0.248 e. The Morgan fingerprint density at radius 1 is 1.00 bits per heavy atom. The summed E-state index contributed by atoms with van der Waals surface area (Å²) in [4.78, 5) is 15.3. The third-order valence-electron chi connectivity index (χ3n) is 3.65. The standard InChI is InChI=1S/C19H17Br2NO2S/c20-14-4-6-16(21)18(12-14)25-10-2-1-9-24-15-5-7-17-13(11-15)3-8-19(23)22-17/h3-8,11-12H,1-2,9-10H2,(H,22,23). The Morgan fingerprint density at radius 2 is 1.88 bits per heavy atom. The molecular formula is C19H17Br2NO2S. The zero-order chi connectivity index (χ0) is 17.6. The molecule has 0 amide bonds. The minimum absolute atomic E-state index is 0.0873. The van der Waals surface area contributed by atoms with Gasteiger partial charge in [0, 0.05) is 30.8 Å². The average molecular weight is 483 g/mol. The third-order valence-corrected chi connectivity index (χ3v) is 6.24. The quantitative estimate of drug-likeness (QED) is 0.331. The number of unbranched alkanes of at least 4 members (excludes halogenated alkanes) is 1. The second-order valence-corrected chi connectivity index (χ2v) is 8.46. The highest BCUT2D eigenvalue weighted by Crippen LogP contribution is 2.30. The van der Waals surface area contributed by atoms with Gasteiger partial charge in [0.25, 0.3) is 0 Å². The molecule has 1 aromatic heterocycles. The maximum Gasteiger partial charge on any atom is 0.248 e. The van der Waals surface area contributed by atoms with Gasteiger partial charge < -0.3 is 9.72 Å². The van der Waals surface area contributed by atoms with E-state index in [4.69, 9.17) is 4.74 Å². The topological polar surface area (TPSA) is 42.1 Å². The third kappa shape index (κ3) is 5.36. The maximum absolute atomic E-state index is 11.3. The Hall–Kier alpha value is -1.24. The fourth-order valence-electron chi connectivity index (χ4n) is 2.39. The summed E-state index contributed by atoms with van der Waals surface area (Å²) in [6.45, 7) is 0.690. The molecule has 0 aliphatic rings. The summed E-state index contributed by atoms with van der Waals surface area (Å²) in [7, 11) is 0. The monoisotopic (exact) mass is 481 g/mol. The summed E-state index contributed by atoms with van der Waals surface area (Å²) in [5.74, 6) is 1.89. The van der Waals surface area contributed by atoms with E-state index in [9.17, 15) is 4.79 Å². The van der Waals surface area contributed by atoms with Crippen molar-refractivity contribution in [3.05, 3.63) is 67.8 Å². The lowest BCUT2D eigenvalue weighted by Crippen LogP contribution is -2.02. The molecule has 0 aliphatic heterocycles. The minimum Gasteiger partial charge on any atom is -0.494 e. The van der Waals surface area contributed by atoms with E-state index in [2.05, 4.69) is 49.0 Å². The molecule has 0 unspecified atom stereocenters. The van der Waals surface area contributed by atoms with Crippen LogP contribution in [0.2, 0.25) is 0 Å². The molecule has 1 heterocycles. The first-order chi connectivity index (χ1) is 12.1. The van der Waals surface area contributed by atoms with Crippen molar-refractivity contribution in [2.75, 3.05) is 12.4 Å². The van der Waals surface area contributed by atoms with Crippen LogP contribution in [0.5, 0.6) is 5.75 Å². The van der Waals surface area contributed by atoms with Crippen molar-refractivity contribution in [2.24, 2.45) is 0 Å². The van der Waals surface area contributed by atoms with Crippen LogP contribution in [0, 0.1) is 0 Å². The zero-order valence-corrected chi connectivity index (χ0v) is 17.4. The SMILES string of the molecule is O=c1ccc2cc(OCCCCSc3cc(Br)ccc3Br)ccc2[nH]1. The second kappa shape index (κ2) is 8.92. The predicted molar refractivity (Wildman–Crippen MR) is 112 cm³/mol. The molecule has 0 fully saturated rings. The van der Waals surface area contributed by atoms with E-state index in [1.54, 1.807) is 0 Å². The highest BCUT2D eigenvalue weighted by molar-refractivity contribution is 9.11. The van der Waals surface area contributed by atoms with Gasteiger partial charge in [0.05, 0.1) is 6.61 Å². The fourth-order valence-corrected chi connectivity index (χ4v) is 4.47. The van der Waals surface area contributed by atoms with Crippen LogP contribution >= 0.6 is 43.6 Å². The number of thioether (sulfide) groups is 1. The molecule has 0 atom stereocenters. The summed E-state index contributed by atoms with van der Waals surface area (Å²) < 4.78 is 8.05. The Balaban J connectivity index is 1.43. The number of ether oxygens (including phenoxy) is 1. The molecule has 0 bridgehead atoms. The molecule has 0 saturated heterocycles. The van der Waals surface area contributed by atoms with Crippen molar-refractivity contribution < 1.29 is 4.74 Å². The summed E-state index contributed by atoms with van der Waals surface area (Å²) in [5.41, 5.74) is 0.742. The number of aromatic nitrogens is 1. The van der Waals surface area contributed by atoms with Crippen molar-refractivity contribution in [1.29, 1.82) is 0 Å². The molecule has 3 nitrogen and oxygen atoms in total. The normalized spacial score (nSPS) is 11.0. The van der Waals surface area contributed by atoms with Crippen LogP contribution in [-0.4, -0.2) is 17.3 Å². The van der Waals surface area contributed by atoms with Gasteiger partial charge >= 0.3 is 0 Å². The van der Waals surface area contributed by atoms with Crippen LogP contribution in [0.1, 0.15) is 12.8 Å². The maximum atomic E-state index is 11.3. The summed E-state index contributed by atoms with van der Waals surface area (Å²) in [6.07, 6.45) is 2.09. The first-order valence-corrected chi connectivity index (χ1v) is 10.5. The molecule has 130 valence electrons. The molecule has 0 radical (unpaired) electrons. The van der Waals surface area contributed by atoms with Gasteiger partial charge in [-0.25, -0.2) is 0 Å². The fraction of sp³-hybridized carbons (Fsp3) is 0.211. The molecule has 3 aromatic rings. The number of H-pyrrole nitrogens is 1. The molecular weight excluding hydrogens is 466 g/mol. The van der Waals surface area contributed by atoms with E-state index in [1.807, 2.05) is 42.1 Å². The second-order valence-electron chi connectivity index (χ2n) is 5.55. The lowest BCUT2D eigenvalue weighted by atomic mass is 10.2. The summed E-state index contributed by atoms with van der Waals surface area (Å²) >= 11 is 8.93. The van der Waals surface area contributed by atoms with Gasteiger partial charge in [-0.3, -0.25) is 4.79 Å². The number of benzene rings is 2. The van der Waals surface area contributed by atoms with E-state index in [1.165, 1.54) is 11.0 Å². The highest BCUT2D eigenvalue weighted by atomic mass is 79.9. The van der Waals surface area contributed by atoms with Crippen molar-refractivity contribution in [1.82, 2.24) is 4.98 Å². The zero-order valence-electron chi connectivity index (χ0n) is 13.4. The van der Waals surface area contributed by atoms with Crippen molar-refractivity contribution >= 4 is 54.5 Å². The van der Waals surface area contributed by atoms with E-state index in [-0.39, 0.29) is 5.56 Å². The van der Waals surface area contributed by atoms with Gasteiger partial charge in [-0.1, -0.05) is 15.9 Å². The van der Waals surface area contributed by atoms with Crippen LogP contribution in [0.15, 0.2) is 67.2 Å². The van der Waals surface area contributed by atoms with Crippen LogP contribution in [0.3, 0.4) is 0 Å². The van der Waals surface area contributed by atoms with Crippen LogP contribution in [0.4, 0.5) is 0 Å². The summed E-state index contributed by atoms with van der Waals surface area (Å²) in [5, 5.41) is 0.979. The number of nitrogens with one attached hydrogen (secondary N) is 1. The minimum atomic E-state index is -0.0873. The number of aromatic amines is 1. The van der Waals surface area contributed by atoms with Crippen LogP contribution < -0.4 is 10.3 Å². The largest absolute Gasteiger partial charge is 0.494 e. The molecule has 0 spiro atoms. The Morgan fingerprint density at radius 3 is 2.76 bits per heavy atom. The van der Waals surface area contributed by atoms with E-state index < -0.39 is 0 Å². The number of hydrogen-bond acceptors (Lipinski definition) is 3. The first kappa shape index (κ1) is 18.5. The van der Waals surface area contributed by atoms with Gasteiger partial charge in [0.15, 0.2) is 0 Å². The highest BCUT2D eigenvalue weighted by Gasteiger charge is 2.02. The molecule has 3 rings (SSSR count). The summed E-state index contributed by atoms with van der Waals surface area (Å²) in [6, 6.07) is 15.3. The van der Waals surface area contributed by atoms with Gasteiger partial charge in [-0.15, -0.1) is 11.8 Å². The number of rotatable bonds is 7. The van der Waals surface area contributed by atoms with Crippen molar-refractivity contribution in [3.8, 4) is 5.75 Å². The number of halogens is 2. The van der Waals surface area contributed by atoms with Crippen molar-refractivity contribution in [3.63, 3.8) is 0 Å². The molecule has 25 heavy (non-hydrogen) atoms. The molecule has 0 saturated carbocycles. The van der Waals surface area contributed by atoms with Crippen LogP contribution in [-0.2, 0) is 0 Å². The molecule has 2 aromatic carbocycles.